The number of aryl methyl sites for hydroxylation is 1. The Kier molecular flexibility index (Phi) is 3.05. The van der Waals surface area contributed by atoms with E-state index >= 15 is 0 Å². The van der Waals surface area contributed by atoms with Crippen molar-refractivity contribution in [2.75, 3.05) is 0 Å². The normalized spacial score (nSPS) is 10.8. The molecule has 0 bridgehead atoms. The first-order valence-electron chi connectivity index (χ1n) is 5.98. The Balaban J connectivity index is 1.74. The van der Waals surface area contributed by atoms with Crippen molar-refractivity contribution in [3.05, 3.63) is 51.8 Å². The maximum absolute atomic E-state index is 12.1. The summed E-state index contributed by atoms with van der Waals surface area (Å²) in [6.45, 7) is 2.62. The summed E-state index contributed by atoms with van der Waals surface area (Å²) < 4.78 is 0. The lowest BCUT2D eigenvalue weighted by Crippen LogP contribution is -2.22. The monoisotopic (exact) mass is 271 g/mol. The highest BCUT2D eigenvalue weighted by Crippen LogP contribution is 2.16. The molecule has 4 nitrogen and oxygen atoms in total. The van der Waals surface area contributed by atoms with Crippen molar-refractivity contribution in [2.45, 2.75) is 13.5 Å². The van der Waals surface area contributed by atoms with Crippen LogP contribution < -0.4 is 5.32 Å². The molecule has 1 aromatic carbocycles. The maximum Gasteiger partial charge on any atom is 0.251 e. The number of aromatic nitrogens is 2. The molecule has 5 heteroatoms. The molecule has 0 atom stereocenters. The molecule has 0 unspecified atom stereocenters. The zero-order valence-corrected chi connectivity index (χ0v) is 11.3. The van der Waals surface area contributed by atoms with Gasteiger partial charge in [0, 0.05) is 15.8 Å². The third-order valence-electron chi connectivity index (χ3n) is 3.08. The summed E-state index contributed by atoms with van der Waals surface area (Å²) in [4.78, 5) is 13.3. The molecule has 0 aliphatic rings. The van der Waals surface area contributed by atoms with Crippen LogP contribution in [-0.4, -0.2) is 16.1 Å². The highest BCUT2D eigenvalue weighted by molar-refractivity contribution is 7.10. The molecule has 0 aliphatic heterocycles. The highest BCUT2D eigenvalue weighted by Gasteiger charge is 2.08. The third-order valence-corrected chi connectivity index (χ3v) is 4.10. The van der Waals surface area contributed by atoms with Crippen molar-refractivity contribution in [2.24, 2.45) is 0 Å². The number of rotatable bonds is 3. The van der Waals surface area contributed by atoms with Crippen LogP contribution in [-0.2, 0) is 6.54 Å². The Morgan fingerprint density at radius 2 is 2.32 bits per heavy atom. The summed E-state index contributed by atoms with van der Waals surface area (Å²) in [5, 5.41) is 12.8. The molecule has 2 N–H and O–H groups in total. The molecule has 0 saturated heterocycles. The molecule has 19 heavy (non-hydrogen) atoms. The fourth-order valence-electron chi connectivity index (χ4n) is 1.93. The molecule has 1 amide bonds. The fourth-order valence-corrected chi connectivity index (χ4v) is 2.77. The van der Waals surface area contributed by atoms with Gasteiger partial charge in [-0.2, -0.15) is 5.10 Å². The van der Waals surface area contributed by atoms with E-state index < -0.39 is 0 Å². The lowest BCUT2D eigenvalue weighted by molar-refractivity contribution is 0.0951. The van der Waals surface area contributed by atoms with Gasteiger partial charge in [0.1, 0.15) is 0 Å². The molecular weight excluding hydrogens is 258 g/mol. The zero-order valence-electron chi connectivity index (χ0n) is 10.4. The smallest absolute Gasteiger partial charge is 0.251 e. The van der Waals surface area contributed by atoms with Gasteiger partial charge in [0.15, 0.2) is 0 Å². The molecule has 96 valence electrons. The van der Waals surface area contributed by atoms with Gasteiger partial charge in [0.05, 0.1) is 18.3 Å². The van der Waals surface area contributed by atoms with Gasteiger partial charge >= 0.3 is 0 Å². The number of nitrogens with zero attached hydrogens (tertiary/aromatic N) is 1. The average Bonchev–Trinajstić information content (AvgIpc) is 3.03. The van der Waals surface area contributed by atoms with Crippen LogP contribution in [0.2, 0.25) is 0 Å². The van der Waals surface area contributed by atoms with E-state index in [2.05, 4.69) is 28.5 Å². The third kappa shape index (κ3) is 2.37. The van der Waals surface area contributed by atoms with Crippen LogP contribution in [0.1, 0.15) is 20.8 Å². The Morgan fingerprint density at radius 1 is 1.42 bits per heavy atom. The van der Waals surface area contributed by atoms with Crippen molar-refractivity contribution in [1.29, 1.82) is 0 Å². The summed E-state index contributed by atoms with van der Waals surface area (Å²) >= 11 is 1.66. The Morgan fingerprint density at radius 3 is 3.11 bits per heavy atom. The SMILES string of the molecule is Cc1ccsc1CNC(=O)c1ccc2cn[nH]c2c1. The molecule has 0 saturated carbocycles. The molecule has 0 spiro atoms. The van der Waals surface area contributed by atoms with E-state index in [1.807, 2.05) is 23.6 Å². The number of thiophene rings is 1. The summed E-state index contributed by atoms with van der Waals surface area (Å²) in [7, 11) is 0. The largest absolute Gasteiger partial charge is 0.347 e. The van der Waals surface area contributed by atoms with Crippen LogP contribution in [0.15, 0.2) is 35.8 Å². The lowest BCUT2D eigenvalue weighted by atomic mass is 10.1. The minimum absolute atomic E-state index is 0.0655. The van der Waals surface area contributed by atoms with E-state index in [0.717, 1.165) is 10.9 Å². The molecule has 3 aromatic rings. The number of amides is 1. The van der Waals surface area contributed by atoms with Crippen LogP contribution in [0.25, 0.3) is 10.9 Å². The van der Waals surface area contributed by atoms with Gasteiger partial charge in [-0.05, 0) is 36.1 Å². The van der Waals surface area contributed by atoms with Crippen molar-refractivity contribution in [3.8, 4) is 0 Å². The second-order valence-electron chi connectivity index (χ2n) is 4.38. The number of benzene rings is 1. The summed E-state index contributed by atoms with van der Waals surface area (Å²) in [5.41, 5.74) is 2.74. The van der Waals surface area contributed by atoms with Crippen LogP contribution in [0, 0.1) is 6.92 Å². The number of nitrogens with one attached hydrogen (secondary N) is 2. The van der Waals surface area contributed by atoms with E-state index in [0.29, 0.717) is 12.1 Å². The van der Waals surface area contributed by atoms with Crippen molar-refractivity contribution >= 4 is 28.1 Å². The first kappa shape index (κ1) is 11.9. The van der Waals surface area contributed by atoms with Gasteiger partial charge in [-0.25, -0.2) is 0 Å². The molecule has 0 aliphatic carbocycles. The summed E-state index contributed by atoms with van der Waals surface area (Å²) in [6, 6.07) is 7.58. The van der Waals surface area contributed by atoms with Crippen LogP contribution in [0.5, 0.6) is 0 Å². The van der Waals surface area contributed by atoms with Gasteiger partial charge in [-0.15, -0.1) is 11.3 Å². The number of carbonyl (C=O) groups excluding carboxylic acids is 1. The predicted octanol–water partition coefficient (Wildman–Crippen LogP) is 2.86. The number of fused-ring (bicyclic) bond motifs is 1. The quantitative estimate of drug-likeness (QED) is 0.769. The number of hydrogen-bond donors (Lipinski definition) is 2. The van der Waals surface area contributed by atoms with Gasteiger partial charge < -0.3 is 5.32 Å². The highest BCUT2D eigenvalue weighted by atomic mass is 32.1. The van der Waals surface area contributed by atoms with E-state index in [1.54, 1.807) is 17.5 Å². The number of carbonyl (C=O) groups is 1. The molecule has 2 heterocycles. The zero-order chi connectivity index (χ0) is 13.2. The van der Waals surface area contributed by atoms with E-state index in [9.17, 15) is 4.79 Å². The molecular formula is C14H13N3OS. The number of aromatic amines is 1. The van der Waals surface area contributed by atoms with E-state index in [-0.39, 0.29) is 5.91 Å². The van der Waals surface area contributed by atoms with Crippen LogP contribution in [0.4, 0.5) is 0 Å². The first-order chi connectivity index (χ1) is 9.24. The van der Waals surface area contributed by atoms with Crippen molar-refractivity contribution in [1.82, 2.24) is 15.5 Å². The predicted molar refractivity (Wildman–Crippen MR) is 76.3 cm³/mol. The van der Waals surface area contributed by atoms with E-state index in [4.69, 9.17) is 0 Å². The molecule has 0 radical (unpaired) electrons. The average molecular weight is 271 g/mol. The summed E-state index contributed by atoms with van der Waals surface area (Å²) in [5.74, 6) is -0.0655. The van der Waals surface area contributed by atoms with Crippen LogP contribution in [0.3, 0.4) is 0 Å². The second-order valence-corrected chi connectivity index (χ2v) is 5.38. The van der Waals surface area contributed by atoms with Gasteiger partial charge in [-0.1, -0.05) is 6.07 Å². The van der Waals surface area contributed by atoms with E-state index in [1.165, 1.54) is 10.4 Å². The van der Waals surface area contributed by atoms with Gasteiger partial charge in [-0.3, -0.25) is 9.89 Å². The minimum Gasteiger partial charge on any atom is -0.347 e. The fraction of sp³-hybridized carbons (Fsp3) is 0.143. The second kappa shape index (κ2) is 4.85. The van der Waals surface area contributed by atoms with Crippen molar-refractivity contribution in [3.63, 3.8) is 0 Å². The summed E-state index contributed by atoms with van der Waals surface area (Å²) in [6.07, 6.45) is 1.74. The Labute approximate surface area is 114 Å². The molecule has 2 aromatic heterocycles. The lowest BCUT2D eigenvalue weighted by Gasteiger charge is -2.04. The number of H-pyrrole nitrogens is 1. The van der Waals surface area contributed by atoms with Crippen molar-refractivity contribution < 1.29 is 4.79 Å². The molecule has 3 rings (SSSR count). The Hall–Kier alpha value is -2.14. The number of hydrogen-bond acceptors (Lipinski definition) is 3. The standard InChI is InChI=1S/C14H13N3OS/c1-9-4-5-19-13(9)8-15-14(18)10-2-3-11-7-16-17-12(11)6-10/h2-7H,8H2,1H3,(H,15,18)(H,16,17). The maximum atomic E-state index is 12.1. The topological polar surface area (TPSA) is 57.8 Å². The minimum atomic E-state index is -0.0655. The van der Waals surface area contributed by atoms with Gasteiger partial charge in [0.2, 0.25) is 0 Å². The first-order valence-corrected chi connectivity index (χ1v) is 6.86. The van der Waals surface area contributed by atoms with Crippen LogP contribution >= 0.6 is 11.3 Å². The van der Waals surface area contributed by atoms with Gasteiger partial charge in [0.25, 0.3) is 5.91 Å². The molecule has 0 fully saturated rings. The Bertz CT molecular complexity index is 729.